The van der Waals surface area contributed by atoms with Crippen molar-refractivity contribution in [2.45, 2.75) is 12.5 Å². The molecule has 0 saturated carbocycles. The van der Waals surface area contributed by atoms with Crippen molar-refractivity contribution < 1.29 is 18.7 Å². The summed E-state index contributed by atoms with van der Waals surface area (Å²) < 4.78 is 24.7. The van der Waals surface area contributed by atoms with E-state index in [2.05, 4.69) is 0 Å². The van der Waals surface area contributed by atoms with Crippen LogP contribution in [0.1, 0.15) is 33.1 Å². The Hall–Kier alpha value is -3.05. The van der Waals surface area contributed by atoms with E-state index < -0.39 is 11.9 Å². The van der Waals surface area contributed by atoms with Gasteiger partial charge in [-0.3, -0.25) is 4.79 Å². The van der Waals surface area contributed by atoms with Crippen LogP contribution in [0, 0.1) is 5.82 Å². The van der Waals surface area contributed by atoms with Crippen molar-refractivity contribution in [3.05, 3.63) is 93.8 Å². The molecule has 0 N–H and O–H groups in total. The molecule has 1 aliphatic rings. The third-order valence-corrected chi connectivity index (χ3v) is 5.75. The summed E-state index contributed by atoms with van der Waals surface area (Å²) in [7, 11) is 3.17. The molecule has 1 atom stereocenters. The van der Waals surface area contributed by atoms with Gasteiger partial charge in [0.05, 0.1) is 20.3 Å². The smallest absolute Gasteiger partial charge is 0.254 e. The summed E-state index contributed by atoms with van der Waals surface area (Å²) in [5.74, 6) is 0.520. The van der Waals surface area contributed by atoms with Crippen LogP contribution in [-0.2, 0) is 6.42 Å². The van der Waals surface area contributed by atoms with Gasteiger partial charge in [0.2, 0.25) is 0 Å². The molecule has 0 fully saturated rings. The molecule has 1 unspecified atom stereocenters. The lowest BCUT2D eigenvalue weighted by Crippen LogP contribution is -2.40. The molecule has 0 radical (unpaired) electrons. The Morgan fingerprint density at radius 2 is 1.73 bits per heavy atom. The van der Waals surface area contributed by atoms with Crippen molar-refractivity contribution in [1.29, 1.82) is 0 Å². The number of fused-ring (bicyclic) bond motifs is 1. The molecule has 6 heteroatoms. The first-order chi connectivity index (χ1) is 14.5. The SMILES string of the molecule is COc1cc2c(cc1OC)C(c1ccccc1Cl)N(C(=O)c1cccc(F)c1)CC2. The number of rotatable bonds is 4. The monoisotopic (exact) mass is 425 g/mol. The molecule has 30 heavy (non-hydrogen) atoms. The summed E-state index contributed by atoms with van der Waals surface area (Å²) in [5.41, 5.74) is 3.07. The van der Waals surface area contributed by atoms with Crippen molar-refractivity contribution in [3.63, 3.8) is 0 Å². The Labute approximate surface area is 179 Å². The fourth-order valence-corrected chi connectivity index (χ4v) is 4.22. The van der Waals surface area contributed by atoms with Crippen LogP contribution in [-0.4, -0.2) is 31.6 Å². The van der Waals surface area contributed by atoms with Crippen LogP contribution in [0.4, 0.5) is 4.39 Å². The van der Waals surface area contributed by atoms with E-state index in [1.54, 1.807) is 37.3 Å². The van der Waals surface area contributed by atoms with E-state index in [9.17, 15) is 9.18 Å². The Kier molecular flexibility index (Phi) is 5.64. The van der Waals surface area contributed by atoms with E-state index in [0.29, 0.717) is 35.1 Å². The highest BCUT2D eigenvalue weighted by Crippen LogP contribution is 2.43. The van der Waals surface area contributed by atoms with Crippen LogP contribution in [0.2, 0.25) is 5.02 Å². The minimum Gasteiger partial charge on any atom is -0.493 e. The fourth-order valence-electron chi connectivity index (χ4n) is 3.98. The number of hydrogen-bond acceptors (Lipinski definition) is 3. The molecule has 4 rings (SSSR count). The van der Waals surface area contributed by atoms with Gasteiger partial charge in [-0.15, -0.1) is 0 Å². The predicted octanol–water partition coefficient (Wildman–Crippen LogP) is 5.28. The molecule has 1 amide bonds. The van der Waals surface area contributed by atoms with Crippen LogP contribution in [0.3, 0.4) is 0 Å². The van der Waals surface area contributed by atoms with E-state index in [4.69, 9.17) is 21.1 Å². The molecule has 3 aromatic rings. The van der Waals surface area contributed by atoms with Gasteiger partial charge in [0, 0.05) is 17.1 Å². The number of methoxy groups -OCH3 is 2. The maximum absolute atomic E-state index is 13.8. The van der Waals surface area contributed by atoms with Crippen molar-refractivity contribution >= 4 is 17.5 Å². The first-order valence-corrected chi connectivity index (χ1v) is 9.97. The van der Waals surface area contributed by atoms with Gasteiger partial charge in [-0.1, -0.05) is 35.9 Å². The third-order valence-electron chi connectivity index (χ3n) is 5.41. The standard InChI is InChI=1S/C24H21ClFNO3/c1-29-21-13-15-10-11-27(24(28)16-6-5-7-17(26)12-16)23(19(15)14-22(21)30-2)18-8-3-4-9-20(18)25/h3-9,12-14,23H,10-11H2,1-2H3. The van der Waals surface area contributed by atoms with Crippen molar-refractivity contribution in [1.82, 2.24) is 4.90 Å². The lowest BCUT2D eigenvalue weighted by Gasteiger charge is -2.38. The van der Waals surface area contributed by atoms with Crippen LogP contribution >= 0.6 is 11.6 Å². The largest absolute Gasteiger partial charge is 0.493 e. The summed E-state index contributed by atoms with van der Waals surface area (Å²) in [5, 5.41) is 0.558. The van der Waals surface area contributed by atoms with E-state index in [1.165, 1.54) is 12.1 Å². The quantitative estimate of drug-likeness (QED) is 0.570. The van der Waals surface area contributed by atoms with Crippen molar-refractivity contribution in [3.8, 4) is 11.5 Å². The molecule has 0 aromatic heterocycles. The summed E-state index contributed by atoms with van der Waals surface area (Å²) in [6.45, 7) is 0.466. The van der Waals surface area contributed by atoms with Gasteiger partial charge in [0.1, 0.15) is 5.82 Å². The number of ether oxygens (including phenoxy) is 2. The number of nitrogens with zero attached hydrogens (tertiary/aromatic N) is 1. The molecule has 0 saturated heterocycles. The number of benzene rings is 3. The highest BCUT2D eigenvalue weighted by molar-refractivity contribution is 6.31. The number of carbonyl (C=O) groups is 1. The van der Waals surface area contributed by atoms with Gasteiger partial charge in [0.25, 0.3) is 5.91 Å². The average molecular weight is 426 g/mol. The minimum absolute atomic E-state index is 0.250. The number of amides is 1. The second-order valence-electron chi connectivity index (χ2n) is 7.09. The van der Waals surface area contributed by atoms with Gasteiger partial charge >= 0.3 is 0 Å². The summed E-state index contributed by atoms with van der Waals surface area (Å²) >= 11 is 6.54. The van der Waals surface area contributed by atoms with Gasteiger partial charge in [0.15, 0.2) is 11.5 Å². The second-order valence-corrected chi connectivity index (χ2v) is 7.50. The van der Waals surface area contributed by atoms with Gasteiger partial charge in [-0.25, -0.2) is 4.39 Å². The maximum atomic E-state index is 13.8. The molecule has 1 heterocycles. The second kappa shape index (κ2) is 8.36. The number of halogens is 2. The Bertz CT molecular complexity index is 1100. The Morgan fingerprint density at radius 1 is 1.00 bits per heavy atom. The van der Waals surface area contributed by atoms with E-state index in [0.717, 1.165) is 16.7 Å². The molecule has 0 bridgehead atoms. The summed E-state index contributed by atoms with van der Waals surface area (Å²) in [6, 6.07) is 16.6. The molecule has 1 aliphatic heterocycles. The zero-order chi connectivity index (χ0) is 21.3. The highest BCUT2D eigenvalue weighted by atomic mass is 35.5. The topological polar surface area (TPSA) is 38.8 Å². The first-order valence-electron chi connectivity index (χ1n) is 9.59. The van der Waals surface area contributed by atoms with Crippen LogP contribution < -0.4 is 9.47 Å². The number of hydrogen-bond donors (Lipinski definition) is 0. The van der Waals surface area contributed by atoms with Gasteiger partial charge < -0.3 is 14.4 Å². The average Bonchev–Trinajstić information content (AvgIpc) is 2.77. The molecule has 3 aromatic carbocycles. The van der Waals surface area contributed by atoms with Crippen molar-refractivity contribution in [2.75, 3.05) is 20.8 Å². The van der Waals surface area contributed by atoms with E-state index >= 15 is 0 Å². The maximum Gasteiger partial charge on any atom is 0.254 e. The fraction of sp³-hybridized carbons (Fsp3) is 0.208. The lowest BCUT2D eigenvalue weighted by molar-refractivity contribution is 0.0694. The molecule has 4 nitrogen and oxygen atoms in total. The first kappa shape index (κ1) is 20.2. The zero-order valence-electron chi connectivity index (χ0n) is 16.7. The lowest BCUT2D eigenvalue weighted by atomic mass is 9.87. The molecule has 154 valence electrons. The zero-order valence-corrected chi connectivity index (χ0v) is 17.4. The number of carbonyl (C=O) groups excluding carboxylic acids is 1. The minimum atomic E-state index is -0.445. The molecular weight excluding hydrogens is 405 g/mol. The van der Waals surface area contributed by atoms with Crippen molar-refractivity contribution in [2.24, 2.45) is 0 Å². The molecule has 0 aliphatic carbocycles. The van der Waals surface area contributed by atoms with E-state index in [-0.39, 0.29) is 5.91 Å². The van der Waals surface area contributed by atoms with Crippen LogP contribution in [0.15, 0.2) is 60.7 Å². The summed E-state index contributed by atoms with van der Waals surface area (Å²) in [6.07, 6.45) is 0.637. The van der Waals surface area contributed by atoms with E-state index in [1.807, 2.05) is 30.3 Å². The Balaban J connectivity index is 1.88. The van der Waals surface area contributed by atoms with Crippen LogP contribution in [0.25, 0.3) is 0 Å². The predicted molar refractivity (Wildman–Crippen MR) is 114 cm³/mol. The van der Waals surface area contributed by atoms with Gasteiger partial charge in [-0.05, 0) is 59.5 Å². The summed E-state index contributed by atoms with van der Waals surface area (Å²) in [4.78, 5) is 15.1. The van der Waals surface area contributed by atoms with Crippen LogP contribution in [0.5, 0.6) is 11.5 Å². The third kappa shape index (κ3) is 3.61. The Morgan fingerprint density at radius 3 is 2.43 bits per heavy atom. The molecular formula is C24H21ClFNO3. The normalized spacial score (nSPS) is 15.5. The van der Waals surface area contributed by atoms with Gasteiger partial charge in [-0.2, -0.15) is 0 Å². The highest BCUT2D eigenvalue weighted by Gasteiger charge is 2.35. The molecule has 0 spiro atoms.